The van der Waals surface area contributed by atoms with E-state index in [9.17, 15) is 4.79 Å². The summed E-state index contributed by atoms with van der Waals surface area (Å²) in [6.07, 6.45) is 2.71. The second kappa shape index (κ2) is 9.81. The molecule has 1 N–H and O–H groups in total. The number of benzene rings is 1. The molecule has 2 aromatic rings. The Bertz CT molecular complexity index is 662. The van der Waals surface area contributed by atoms with E-state index in [0.717, 1.165) is 15.8 Å². The maximum absolute atomic E-state index is 12.4. The summed E-state index contributed by atoms with van der Waals surface area (Å²) in [6, 6.07) is 11.5. The Balaban J connectivity index is 1.94. The number of nitrogens with zero attached hydrogens (tertiary/aromatic N) is 1. The first-order valence-electron chi connectivity index (χ1n) is 7.84. The third kappa shape index (κ3) is 6.26. The summed E-state index contributed by atoms with van der Waals surface area (Å²) in [5.41, 5.74) is 0.593. The Morgan fingerprint density at radius 1 is 1.29 bits per heavy atom. The molecule has 0 aliphatic carbocycles. The average Bonchev–Trinajstić information content (AvgIpc) is 2.56. The fraction of sp³-hybridized carbons (Fsp3) is 0.333. The van der Waals surface area contributed by atoms with E-state index < -0.39 is 0 Å². The number of halogens is 1. The second-order valence-corrected chi connectivity index (χ2v) is 7.42. The van der Waals surface area contributed by atoms with Crippen molar-refractivity contribution in [2.45, 2.75) is 36.3 Å². The van der Waals surface area contributed by atoms with Crippen LogP contribution in [0.25, 0.3) is 0 Å². The van der Waals surface area contributed by atoms with Crippen molar-refractivity contribution in [2.24, 2.45) is 0 Å². The van der Waals surface area contributed by atoms with Crippen LogP contribution in [0.1, 0.15) is 30.6 Å². The third-order valence-electron chi connectivity index (χ3n) is 3.10. The van der Waals surface area contributed by atoms with Crippen LogP contribution in [-0.4, -0.2) is 30.1 Å². The quantitative estimate of drug-likeness (QED) is 0.651. The number of carbonyl (C=O) groups excluding carboxylic acids is 1. The minimum Gasteiger partial charge on any atom is -0.379 e. The Morgan fingerprint density at radius 3 is 2.75 bits per heavy atom. The van der Waals surface area contributed by atoms with Crippen molar-refractivity contribution in [2.75, 3.05) is 13.2 Å². The van der Waals surface area contributed by atoms with E-state index in [0.29, 0.717) is 23.7 Å². The van der Waals surface area contributed by atoms with E-state index >= 15 is 0 Å². The van der Waals surface area contributed by atoms with Gasteiger partial charge in [0.15, 0.2) is 0 Å². The van der Waals surface area contributed by atoms with E-state index in [-0.39, 0.29) is 12.0 Å². The fourth-order valence-corrected chi connectivity index (χ4v) is 3.09. The maximum Gasteiger partial charge on any atom is 0.254 e. The van der Waals surface area contributed by atoms with E-state index in [4.69, 9.17) is 4.74 Å². The summed E-state index contributed by atoms with van der Waals surface area (Å²) < 4.78 is 6.49. The molecule has 0 spiro atoms. The molecule has 0 unspecified atom stereocenters. The van der Waals surface area contributed by atoms with Crippen LogP contribution in [0.3, 0.4) is 0 Å². The monoisotopic (exact) mass is 408 g/mol. The lowest BCUT2D eigenvalue weighted by atomic mass is 10.2. The predicted octanol–water partition coefficient (Wildman–Crippen LogP) is 4.54. The molecule has 0 atom stereocenters. The van der Waals surface area contributed by atoms with Crippen molar-refractivity contribution in [3.8, 4) is 0 Å². The SMILES string of the molecule is CC(C)OCCCNC(=O)c1cccnc1Sc1ccc(Br)cc1. The van der Waals surface area contributed by atoms with Gasteiger partial charge in [0.1, 0.15) is 5.03 Å². The van der Waals surface area contributed by atoms with Gasteiger partial charge in [0.25, 0.3) is 5.91 Å². The molecular formula is C18H21BrN2O2S. The van der Waals surface area contributed by atoms with Crippen LogP contribution in [0.2, 0.25) is 0 Å². The molecule has 24 heavy (non-hydrogen) atoms. The highest BCUT2D eigenvalue weighted by molar-refractivity contribution is 9.10. The van der Waals surface area contributed by atoms with Gasteiger partial charge in [-0.25, -0.2) is 4.98 Å². The smallest absolute Gasteiger partial charge is 0.254 e. The standard InChI is InChI=1S/C18H21BrN2O2S/c1-13(2)23-12-4-11-20-17(22)16-5-3-10-21-18(16)24-15-8-6-14(19)7-9-15/h3,5-10,13H,4,11-12H2,1-2H3,(H,20,22). The average molecular weight is 409 g/mol. The number of rotatable bonds is 8. The lowest BCUT2D eigenvalue weighted by Gasteiger charge is -2.10. The van der Waals surface area contributed by atoms with Gasteiger partial charge in [0.05, 0.1) is 11.7 Å². The molecule has 0 aliphatic heterocycles. The van der Waals surface area contributed by atoms with E-state index in [1.807, 2.05) is 38.1 Å². The van der Waals surface area contributed by atoms with Gasteiger partial charge in [0.2, 0.25) is 0 Å². The van der Waals surface area contributed by atoms with Crippen molar-refractivity contribution >= 4 is 33.6 Å². The Morgan fingerprint density at radius 2 is 2.04 bits per heavy atom. The zero-order valence-corrected chi connectivity index (χ0v) is 16.2. The molecule has 0 saturated carbocycles. The molecule has 1 heterocycles. The number of carbonyl (C=O) groups is 1. The molecule has 1 aromatic carbocycles. The Kier molecular flexibility index (Phi) is 7.75. The largest absolute Gasteiger partial charge is 0.379 e. The van der Waals surface area contributed by atoms with Crippen molar-refractivity contribution in [1.82, 2.24) is 10.3 Å². The summed E-state index contributed by atoms with van der Waals surface area (Å²) >= 11 is 4.90. The number of ether oxygens (including phenoxy) is 1. The minimum atomic E-state index is -0.104. The summed E-state index contributed by atoms with van der Waals surface area (Å²) in [7, 11) is 0. The van der Waals surface area contributed by atoms with Crippen molar-refractivity contribution in [3.05, 3.63) is 52.6 Å². The molecule has 4 nitrogen and oxygen atoms in total. The number of nitrogens with one attached hydrogen (secondary N) is 1. The second-order valence-electron chi connectivity index (χ2n) is 5.44. The zero-order chi connectivity index (χ0) is 17.4. The molecule has 0 aliphatic rings. The summed E-state index contributed by atoms with van der Waals surface area (Å²) in [6.45, 7) is 5.23. The topological polar surface area (TPSA) is 51.2 Å². The zero-order valence-electron chi connectivity index (χ0n) is 13.8. The Labute approximate surface area is 155 Å². The van der Waals surface area contributed by atoms with E-state index in [1.165, 1.54) is 11.8 Å². The third-order valence-corrected chi connectivity index (χ3v) is 4.66. The number of hydrogen-bond acceptors (Lipinski definition) is 4. The van der Waals surface area contributed by atoms with E-state index in [1.54, 1.807) is 18.3 Å². The summed E-state index contributed by atoms with van der Waals surface area (Å²) in [5.74, 6) is -0.104. The summed E-state index contributed by atoms with van der Waals surface area (Å²) in [4.78, 5) is 17.8. The van der Waals surface area contributed by atoms with Crippen molar-refractivity contribution in [3.63, 3.8) is 0 Å². The van der Waals surface area contributed by atoms with Gasteiger partial charge in [-0.2, -0.15) is 0 Å². The van der Waals surface area contributed by atoms with Crippen LogP contribution in [0.4, 0.5) is 0 Å². The maximum atomic E-state index is 12.4. The highest BCUT2D eigenvalue weighted by Crippen LogP contribution is 2.29. The van der Waals surface area contributed by atoms with Gasteiger partial charge in [-0.1, -0.05) is 27.7 Å². The lowest BCUT2D eigenvalue weighted by Crippen LogP contribution is -2.26. The first kappa shape index (κ1) is 19.0. The molecule has 2 rings (SSSR count). The van der Waals surface area contributed by atoms with Crippen LogP contribution in [0.15, 0.2) is 57.0 Å². The number of hydrogen-bond donors (Lipinski definition) is 1. The number of aromatic nitrogens is 1. The van der Waals surface area contributed by atoms with Gasteiger partial charge < -0.3 is 10.1 Å². The summed E-state index contributed by atoms with van der Waals surface area (Å²) in [5, 5.41) is 3.63. The van der Waals surface area contributed by atoms with Gasteiger partial charge >= 0.3 is 0 Å². The molecule has 0 bridgehead atoms. The van der Waals surface area contributed by atoms with Crippen LogP contribution in [-0.2, 0) is 4.74 Å². The molecule has 0 radical (unpaired) electrons. The molecule has 128 valence electrons. The van der Waals surface area contributed by atoms with Crippen LogP contribution >= 0.6 is 27.7 Å². The van der Waals surface area contributed by atoms with Gasteiger partial charge in [-0.3, -0.25) is 4.79 Å². The molecule has 0 saturated heterocycles. The molecular weight excluding hydrogens is 388 g/mol. The van der Waals surface area contributed by atoms with Crippen molar-refractivity contribution < 1.29 is 9.53 Å². The van der Waals surface area contributed by atoms with Crippen molar-refractivity contribution in [1.29, 1.82) is 0 Å². The first-order valence-corrected chi connectivity index (χ1v) is 9.45. The van der Waals surface area contributed by atoms with Crippen LogP contribution < -0.4 is 5.32 Å². The Hall–Kier alpha value is -1.37. The van der Waals surface area contributed by atoms with Gasteiger partial charge in [-0.15, -0.1) is 0 Å². The van der Waals surface area contributed by atoms with Gasteiger partial charge in [-0.05, 0) is 56.7 Å². The fourth-order valence-electron chi connectivity index (χ4n) is 1.95. The minimum absolute atomic E-state index is 0.104. The van der Waals surface area contributed by atoms with Crippen LogP contribution in [0, 0.1) is 0 Å². The molecule has 1 aromatic heterocycles. The normalized spacial score (nSPS) is 10.8. The molecule has 0 fully saturated rings. The highest BCUT2D eigenvalue weighted by Gasteiger charge is 2.13. The number of pyridine rings is 1. The lowest BCUT2D eigenvalue weighted by molar-refractivity contribution is 0.0756. The molecule has 1 amide bonds. The highest BCUT2D eigenvalue weighted by atomic mass is 79.9. The number of amides is 1. The first-order chi connectivity index (χ1) is 11.6. The van der Waals surface area contributed by atoms with Gasteiger partial charge in [0, 0.05) is 28.7 Å². The predicted molar refractivity (Wildman–Crippen MR) is 101 cm³/mol. The van der Waals surface area contributed by atoms with Crippen LogP contribution in [0.5, 0.6) is 0 Å². The molecule has 6 heteroatoms. The van der Waals surface area contributed by atoms with E-state index in [2.05, 4.69) is 26.2 Å².